The zero-order valence-corrected chi connectivity index (χ0v) is 17.4. The smallest absolute Gasteiger partial charge is 0.255 e. The van der Waals surface area contributed by atoms with Crippen molar-refractivity contribution >= 4 is 29.2 Å². The molecule has 2 N–H and O–H groups in total. The monoisotopic (exact) mass is 433 g/mol. The Morgan fingerprint density at radius 2 is 1.87 bits per heavy atom. The second kappa shape index (κ2) is 8.70. The van der Waals surface area contributed by atoms with E-state index in [1.807, 2.05) is 12.1 Å². The van der Waals surface area contributed by atoms with Crippen LogP contribution in [0.25, 0.3) is 0 Å². The molecule has 0 bridgehead atoms. The van der Waals surface area contributed by atoms with E-state index >= 15 is 0 Å². The number of ketones is 1. The molecule has 31 heavy (non-hydrogen) atoms. The van der Waals surface area contributed by atoms with E-state index in [-0.39, 0.29) is 24.7 Å². The number of hydrogen-bond donors (Lipinski definition) is 1. The highest BCUT2D eigenvalue weighted by molar-refractivity contribution is 6.30. The van der Waals surface area contributed by atoms with Gasteiger partial charge in [0.05, 0.1) is 6.04 Å². The summed E-state index contributed by atoms with van der Waals surface area (Å²) >= 11 is 6.11. The van der Waals surface area contributed by atoms with E-state index in [4.69, 9.17) is 17.3 Å². The number of carbonyl (C=O) groups excluding carboxylic acids is 3. The molecular weight excluding hydrogens is 414 g/mol. The van der Waals surface area contributed by atoms with Crippen LogP contribution < -0.4 is 5.73 Å². The predicted octanol–water partition coefficient (Wildman–Crippen LogP) is 3.21. The molecule has 1 atom stereocenters. The lowest BCUT2D eigenvalue weighted by Gasteiger charge is -2.29. The summed E-state index contributed by atoms with van der Waals surface area (Å²) in [7, 11) is 0. The zero-order chi connectivity index (χ0) is 22.0. The number of nitrogens with zero attached hydrogens (tertiary/aromatic N) is 2. The number of benzene rings is 2. The molecule has 0 fully saturated rings. The molecular formula is C24H20ClN3O3. The fraction of sp³-hybridized carbons (Fsp3) is 0.167. The molecule has 0 radical (unpaired) electrons. The molecule has 0 saturated carbocycles. The minimum absolute atomic E-state index is 0.0752. The molecule has 2 aromatic carbocycles. The number of halogens is 1. The molecule has 0 aliphatic carbocycles. The predicted molar refractivity (Wildman–Crippen MR) is 117 cm³/mol. The molecule has 1 aliphatic rings. The number of amides is 2. The summed E-state index contributed by atoms with van der Waals surface area (Å²) in [4.78, 5) is 44.0. The van der Waals surface area contributed by atoms with Crippen LogP contribution in [0.4, 0.5) is 0 Å². The fourth-order valence-electron chi connectivity index (χ4n) is 3.79. The molecule has 7 heteroatoms. The Bertz CT molecular complexity index is 1150. The van der Waals surface area contributed by atoms with Gasteiger partial charge in [-0.05, 0) is 53.6 Å². The third-order valence-corrected chi connectivity index (χ3v) is 5.63. The van der Waals surface area contributed by atoms with Crippen LogP contribution in [0.2, 0.25) is 5.02 Å². The summed E-state index contributed by atoms with van der Waals surface area (Å²) in [6.45, 7) is 0.211. The summed E-state index contributed by atoms with van der Waals surface area (Å²) in [5, 5.41) is 0.483. The van der Waals surface area contributed by atoms with Crippen LogP contribution in [0, 0.1) is 0 Å². The average molecular weight is 434 g/mol. The van der Waals surface area contributed by atoms with Crippen LogP contribution in [-0.2, 0) is 24.2 Å². The van der Waals surface area contributed by atoms with E-state index in [1.54, 1.807) is 59.6 Å². The lowest BCUT2D eigenvalue weighted by atomic mass is 9.99. The van der Waals surface area contributed by atoms with Gasteiger partial charge in [0, 0.05) is 47.4 Å². The number of Topliss-reactive ketones (excluding diaryl/α,β-unsaturated/α-hetero) is 1. The first-order valence-corrected chi connectivity index (χ1v) is 10.2. The second-order valence-electron chi connectivity index (χ2n) is 7.48. The van der Waals surface area contributed by atoms with E-state index < -0.39 is 11.9 Å². The molecule has 0 unspecified atom stereocenters. The van der Waals surface area contributed by atoms with Gasteiger partial charge in [-0.15, -0.1) is 0 Å². The van der Waals surface area contributed by atoms with Crippen molar-refractivity contribution in [2.45, 2.75) is 25.4 Å². The third-order valence-electron chi connectivity index (χ3n) is 5.39. The van der Waals surface area contributed by atoms with Crippen molar-refractivity contribution in [3.63, 3.8) is 0 Å². The summed E-state index contributed by atoms with van der Waals surface area (Å²) < 4.78 is 0. The van der Waals surface area contributed by atoms with Gasteiger partial charge in [-0.3, -0.25) is 19.4 Å². The number of fused-ring (bicyclic) bond motifs is 1. The molecule has 6 nitrogen and oxygen atoms in total. The highest BCUT2D eigenvalue weighted by Gasteiger charge is 2.35. The van der Waals surface area contributed by atoms with Crippen molar-refractivity contribution in [3.8, 4) is 0 Å². The normalized spacial score (nSPS) is 16.0. The van der Waals surface area contributed by atoms with Crippen molar-refractivity contribution in [1.82, 2.24) is 9.88 Å². The van der Waals surface area contributed by atoms with Gasteiger partial charge in [0.15, 0.2) is 5.78 Å². The molecule has 0 spiro atoms. The van der Waals surface area contributed by atoms with Gasteiger partial charge >= 0.3 is 0 Å². The van der Waals surface area contributed by atoms with Crippen molar-refractivity contribution in [2.75, 3.05) is 0 Å². The number of pyridine rings is 1. The van der Waals surface area contributed by atoms with Crippen molar-refractivity contribution in [3.05, 3.63) is 99.8 Å². The summed E-state index contributed by atoms with van der Waals surface area (Å²) in [5.41, 5.74) is 8.31. The highest BCUT2D eigenvalue weighted by atomic mass is 35.5. The second-order valence-corrected chi connectivity index (χ2v) is 7.92. The lowest BCUT2D eigenvalue weighted by molar-refractivity contribution is -0.122. The number of hydrogen-bond acceptors (Lipinski definition) is 4. The van der Waals surface area contributed by atoms with Gasteiger partial charge in [0.1, 0.15) is 0 Å². The zero-order valence-electron chi connectivity index (χ0n) is 16.6. The van der Waals surface area contributed by atoms with Gasteiger partial charge in [0.25, 0.3) is 5.91 Å². The number of aromatic nitrogens is 1. The van der Waals surface area contributed by atoms with Gasteiger partial charge in [0.2, 0.25) is 5.91 Å². The molecule has 4 rings (SSSR count). The summed E-state index contributed by atoms with van der Waals surface area (Å²) in [5.74, 6) is -0.836. The highest BCUT2D eigenvalue weighted by Crippen LogP contribution is 2.26. The maximum absolute atomic E-state index is 13.5. The van der Waals surface area contributed by atoms with Gasteiger partial charge in [-0.25, -0.2) is 0 Å². The van der Waals surface area contributed by atoms with E-state index in [9.17, 15) is 14.4 Å². The van der Waals surface area contributed by atoms with Crippen LogP contribution >= 0.6 is 11.6 Å². The Morgan fingerprint density at radius 3 is 2.55 bits per heavy atom. The standard InChI is InChI=1S/C24H20ClN3O3/c25-18-8-9-20-17(11-18)12-22(29)21(13-19-3-1-2-10-27-19)28(24(20)31)14-15-4-6-16(7-5-15)23(26)30/h1-11,21H,12-14H2,(H2,26,30)/t21-/m1/s1. The number of carbonyl (C=O) groups is 3. The number of primary amides is 1. The molecule has 3 aromatic rings. The van der Waals surface area contributed by atoms with E-state index in [0.29, 0.717) is 28.1 Å². The van der Waals surface area contributed by atoms with E-state index in [1.165, 1.54) is 0 Å². The first-order chi connectivity index (χ1) is 14.9. The van der Waals surface area contributed by atoms with E-state index in [2.05, 4.69) is 4.98 Å². The first-order valence-electron chi connectivity index (χ1n) is 9.83. The quantitative estimate of drug-likeness (QED) is 0.668. The molecule has 0 saturated heterocycles. The molecule has 2 amide bonds. The Balaban J connectivity index is 1.73. The first kappa shape index (κ1) is 20.8. The van der Waals surface area contributed by atoms with Gasteiger partial charge < -0.3 is 10.6 Å². The SMILES string of the molecule is NC(=O)c1ccc(CN2C(=O)c3ccc(Cl)cc3CC(=O)[C@H]2Cc2ccccn2)cc1. The van der Waals surface area contributed by atoms with Crippen LogP contribution in [0.5, 0.6) is 0 Å². The van der Waals surface area contributed by atoms with Crippen molar-refractivity contribution in [2.24, 2.45) is 5.73 Å². The van der Waals surface area contributed by atoms with Crippen LogP contribution in [-0.4, -0.2) is 33.5 Å². The fourth-order valence-corrected chi connectivity index (χ4v) is 3.98. The minimum Gasteiger partial charge on any atom is -0.366 e. The lowest BCUT2D eigenvalue weighted by Crippen LogP contribution is -2.44. The largest absolute Gasteiger partial charge is 0.366 e. The Morgan fingerprint density at radius 1 is 1.10 bits per heavy atom. The minimum atomic E-state index is -0.676. The Hall–Kier alpha value is -3.51. The maximum Gasteiger partial charge on any atom is 0.255 e. The van der Waals surface area contributed by atoms with Gasteiger partial charge in [-0.1, -0.05) is 29.8 Å². The van der Waals surface area contributed by atoms with E-state index in [0.717, 1.165) is 11.3 Å². The van der Waals surface area contributed by atoms with Crippen LogP contribution in [0.15, 0.2) is 66.9 Å². The molecule has 1 aromatic heterocycles. The molecule has 2 heterocycles. The topological polar surface area (TPSA) is 93.4 Å². The number of rotatable bonds is 5. The van der Waals surface area contributed by atoms with Crippen LogP contribution in [0.3, 0.4) is 0 Å². The summed E-state index contributed by atoms with van der Waals surface area (Å²) in [6.07, 6.45) is 2.10. The molecule has 1 aliphatic heterocycles. The Kier molecular flexibility index (Phi) is 5.82. The average Bonchev–Trinajstić information content (AvgIpc) is 2.85. The third kappa shape index (κ3) is 4.49. The Labute approximate surface area is 184 Å². The molecule has 156 valence electrons. The van der Waals surface area contributed by atoms with Crippen molar-refractivity contribution in [1.29, 1.82) is 0 Å². The summed E-state index contributed by atoms with van der Waals surface area (Å²) in [6, 6.07) is 16.5. The van der Waals surface area contributed by atoms with Crippen molar-refractivity contribution < 1.29 is 14.4 Å². The maximum atomic E-state index is 13.5. The van der Waals surface area contributed by atoms with Crippen LogP contribution in [0.1, 0.15) is 37.5 Å². The van der Waals surface area contributed by atoms with Gasteiger partial charge in [-0.2, -0.15) is 0 Å². The number of nitrogens with two attached hydrogens (primary N) is 1.